The van der Waals surface area contributed by atoms with Gasteiger partial charge in [-0.05, 0) is 24.6 Å². The number of aryl methyl sites for hydroxylation is 1. The van der Waals surface area contributed by atoms with Crippen molar-refractivity contribution in [2.24, 2.45) is 0 Å². The fourth-order valence-corrected chi connectivity index (χ4v) is 1.53. The Hall–Kier alpha value is -2.11. The van der Waals surface area contributed by atoms with Crippen LogP contribution in [0, 0.1) is 6.92 Å². The van der Waals surface area contributed by atoms with E-state index in [-0.39, 0.29) is 11.1 Å². The van der Waals surface area contributed by atoms with E-state index in [1.165, 1.54) is 18.3 Å². The highest BCUT2D eigenvalue weighted by molar-refractivity contribution is 5.61. The van der Waals surface area contributed by atoms with Gasteiger partial charge in [-0.25, -0.2) is 4.98 Å². The smallest absolute Gasteiger partial charge is 0.310 e. The minimum absolute atomic E-state index is 0.245. The molecule has 0 saturated heterocycles. The molecule has 3 nitrogen and oxygen atoms in total. The number of benzene rings is 1. The fourth-order valence-electron chi connectivity index (χ4n) is 1.53. The highest BCUT2D eigenvalue weighted by Gasteiger charge is 2.30. The van der Waals surface area contributed by atoms with Crippen LogP contribution in [-0.4, -0.2) is 9.97 Å². The van der Waals surface area contributed by atoms with E-state index in [0.29, 0.717) is 11.4 Å². The number of hydrogen-bond acceptors (Lipinski definition) is 2. The lowest BCUT2D eigenvalue weighted by molar-refractivity contribution is -0.137. The molecule has 0 aliphatic carbocycles. The average molecular weight is 254 g/mol. The molecule has 0 radical (unpaired) electrons. The summed E-state index contributed by atoms with van der Waals surface area (Å²) in [6.45, 7) is 1.62. The maximum Gasteiger partial charge on any atom is 0.416 e. The maximum atomic E-state index is 12.4. The van der Waals surface area contributed by atoms with Crippen LogP contribution in [0.2, 0.25) is 0 Å². The van der Waals surface area contributed by atoms with Crippen molar-refractivity contribution in [2.45, 2.75) is 13.1 Å². The van der Waals surface area contributed by atoms with Crippen LogP contribution in [0.25, 0.3) is 11.1 Å². The van der Waals surface area contributed by atoms with Crippen molar-refractivity contribution in [3.05, 3.63) is 52.2 Å². The molecular weight excluding hydrogens is 245 g/mol. The Morgan fingerprint density at radius 3 is 2.28 bits per heavy atom. The molecule has 0 fully saturated rings. The van der Waals surface area contributed by atoms with Gasteiger partial charge in [-0.1, -0.05) is 12.1 Å². The second kappa shape index (κ2) is 4.29. The van der Waals surface area contributed by atoms with Gasteiger partial charge < -0.3 is 4.98 Å². The van der Waals surface area contributed by atoms with Crippen molar-refractivity contribution in [2.75, 3.05) is 0 Å². The van der Waals surface area contributed by atoms with Gasteiger partial charge in [0.25, 0.3) is 5.56 Å². The molecule has 1 aromatic heterocycles. The predicted octanol–water partition coefficient (Wildman–Crippen LogP) is 2.76. The van der Waals surface area contributed by atoms with Gasteiger partial charge in [0.1, 0.15) is 5.82 Å². The van der Waals surface area contributed by atoms with Gasteiger partial charge in [-0.3, -0.25) is 4.79 Å². The van der Waals surface area contributed by atoms with Gasteiger partial charge in [-0.15, -0.1) is 0 Å². The first kappa shape index (κ1) is 12.3. The van der Waals surface area contributed by atoms with Crippen molar-refractivity contribution >= 4 is 0 Å². The summed E-state index contributed by atoms with van der Waals surface area (Å²) in [7, 11) is 0. The van der Waals surface area contributed by atoms with Crippen molar-refractivity contribution in [3.63, 3.8) is 0 Å². The van der Waals surface area contributed by atoms with Crippen LogP contribution < -0.4 is 5.56 Å². The zero-order valence-electron chi connectivity index (χ0n) is 9.38. The number of aromatic amines is 1. The molecule has 1 N–H and O–H groups in total. The van der Waals surface area contributed by atoms with E-state index < -0.39 is 11.7 Å². The summed E-state index contributed by atoms with van der Waals surface area (Å²) in [5.74, 6) is 0.454. The first-order valence-corrected chi connectivity index (χ1v) is 5.11. The van der Waals surface area contributed by atoms with Crippen molar-refractivity contribution in [1.29, 1.82) is 0 Å². The number of alkyl halides is 3. The second-order valence-corrected chi connectivity index (χ2v) is 3.79. The van der Waals surface area contributed by atoms with Crippen LogP contribution in [0.4, 0.5) is 13.2 Å². The minimum atomic E-state index is -4.38. The van der Waals surface area contributed by atoms with Crippen LogP contribution in [0.1, 0.15) is 11.4 Å². The first-order valence-electron chi connectivity index (χ1n) is 5.11. The lowest BCUT2D eigenvalue weighted by Gasteiger charge is -2.07. The van der Waals surface area contributed by atoms with Crippen molar-refractivity contribution < 1.29 is 13.2 Å². The zero-order valence-corrected chi connectivity index (χ0v) is 9.38. The number of H-pyrrole nitrogens is 1. The van der Waals surface area contributed by atoms with Gasteiger partial charge in [0.2, 0.25) is 0 Å². The number of hydrogen-bond donors (Lipinski definition) is 1. The summed E-state index contributed by atoms with van der Waals surface area (Å²) in [5.41, 5.74) is -0.476. The van der Waals surface area contributed by atoms with E-state index in [9.17, 15) is 18.0 Å². The Morgan fingerprint density at radius 1 is 1.17 bits per heavy atom. The number of nitrogens with zero attached hydrogens (tertiary/aromatic N) is 1. The number of halogens is 3. The van der Waals surface area contributed by atoms with E-state index in [0.717, 1.165) is 12.1 Å². The molecule has 0 saturated carbocycles. The third kappa shape index (κ3) is 2.42. The fraction of sp³-hybridized carbons (Fsp3) is 0.167. The van der Waals surface area contributed by atoms with Crippen LogP contribution in [0.3, 0.4) is 0 Å². The van der Waals surface area contributed by atoms with E-state index >= 15 is 0 Å². The van der Waals surface area contributed by atoms with Crippen LogP contribution in [0.5, 0.6) is 0 Å². The summed E-state index contributed by atoms with van der Waals surface area (Å²) >= 11 is 0. The monoisotopic (exact) mass is 254 g/mol. The molecule has 1 aromatic carbocycles. The summed E-state index contributed by atoms with van der Waals surface area (Å²) < 4.78 is 37.1. The Morgan fingerprint density at radius 2 is 1.78 bits per heavy atom. The molecule has 0 bridgehead atoms. The summed E-state index contributed by atoms with van der Waals surface area (Å²) in [5, 5.41) is 0. The van der Waals surface area contributed by atoms with Crippen molar-refractivity contribution in [1.82, 2.24) is 9.97 Å². The Kier molecular flexibility index (Phi) is 2.94. The Balaban J connectivity index is 2.44. The minimum Gasteiger partial charge on any atom is -0.310 e. The lowest BCUT2D eigenvalue weighted by atomic mass is 10.1. The molecule has 1 heterocycles. The molecule has 0 unspecified atom stereocenters. The van der Waals surface area contributed by atoms with Gasteiger partial charge >= 0.3 is 6.18 Å². The summed E-state index contributed by atoms with van der Waals surface area (Å²) in [6.07, 6.45) is -3.03. The highest BCUT2D eigenvalue weighted by Crippen LogP contribution is 2.30. The first-order chi connectivity index (χ1) is 8.38. The lowest BCUT2D eigenvalue weighted by Crippen LogP contribution is -2.11. The standard InChI is InChI=1S/C12H9F3N2O/c1-7-16-6-10(11(18)17-7)8-2-4-9(5-3-8)12(13,14)15/h2-6H,1H3,(H,16,17,18). The van der Waals surface area contributed by atoms with Crippen LogP contribution in [0.15, 0.2) is 35.3 Å². The second-order valence-electron chi connectivity index (χ2n) is 3.79. The molecule has 94 valence electrons. The van der Waals surface area contributed by atoms with Gasteiger partial charge in [0.05, 0.1) is 11.1 Å². The molecule has 0 spiro atoms. The number of aromatic nitrogens is 2. The predicted molar refractivity (Wildman–Crippen MR) is 60.0 cm³/mol. The molecule has 18 heavy (non-hydrogen) atoms. The normalized spacial score (nSPS) is 11.6. The summed E-state index contributed by atoms with van der Waals surface area (Å²) in [6, 6.07) is 4.39. The van der Waals surface area contributed by atoms with Gasteiger partial charge in [0.15, 0.2) is 0 Å². The maximum absolute atomic E-state index is 12.4. The topological polar surface area (TPSA) is 45.8 Å². The number of nitrogens with one attached hydrogen (secondary N) is 1. The largest absolute Gasteiger partial charge is 0.416 e. The highest BCUT2D eigenvalue weighted by atomic mass is 19.4. The molecule has 6 heteroatoms. The third-order valence-corrected chi connectivity index (χ3v) is 2.45. The zero-order chi connectivity index (χ0) is 13.3. The molecule has 0 aliphatic heterocycles. The van der Waals surface area contributed by atoms with E-state index in [1.807, 2.05) is 0 Å². The van der Waals surface area contributed by atoms with Crippen LogP contribution >= 0.6 is 0 Å². The van der Waals surface area contributed by atoms with Crippen LogP contribution in [-0.2, 0) is 6.18 Å². The van der Waals surface area contributed by atoms with Gasteiger partial charge in [0, 0.05) is 6.20 Å². The van der Waals surface area contributed by atoms with E-state index in [1.54, 1.807) is 6.92 Å². The molecule has 0 amide bonds. The molecule has 0 atom stereocenters. The molecule has 0 aliphatic rings. The number of rotatable bonds is 1. The van der Waals surface area contributed by atoms with Gasteiger partial charge in [-0.2, -0.15) is 13.2 Å². The quantitative estimate of drug-likeness (QED) is 0.850. The average Bonchev–Trinajstić information content (AvgIpc) is 2.28. The third-order valence-electron chi connectivity index (χ3n) is 2.45. The SMILES string of the molecule is Cc1ncc(-c2ccc(C(F)(F)F)cc2)c(=O)[nH]1. The molecule has 2 aromatic rings. The van der Waals surface area contributed by atoms with E-state index in [2.05, 4.69) is 9.97 Å². The molecule has 2 rings (SSSR count). The molecular formula is C12H9F3N2O. The summed E-state index contributed by atoms with van der Waals surface area (Å²) in [4.78, 5) is 18.0. The van der Waals surface area contributed by atoms with E-state index in [4.69, 9.17) is 0 Å². The van der Waals surface area contributed by atoms with Crippen molar-refractivity contribution in [3.8, 4) is 11.1 Å². The Bertz CT molecular complexity index is 614. The Labute approximate surface area is 100 Å².